The van der Waals surface area contributed by atoms with Crippen LogP contribution in [0.3, 0.4) is 0 Å². The molecule has 1 saturated heterocycles. The van der Waals surface area contributed by atoms with Gasteiger partial charge in [-0.05, 0) is 30.9 Å². The van der Waals surface area contributed by atoms with Crippen LogP contribution in [0, 0.1) is 23.7 Å². The maximum atomic E-state index is 12.6. The maximum Gasteiger partial charge on any atom is 0.310 e. The molecule has 2 aliphatic carbocycles. The van der Waals surface area contributed by atoms with Gasteiger partial charge in [0.1, 0.15) is 11.9 Å². The first-order chi connectivity index (χ1) is 10.2. The molecule has 5 heteroatoms. The number of fused-ring (bicyclic) bond motifs is 1. The zero-order chi connectivity index (χ0) is 14.6. The molecule has 5 atom stereocenters. The predicted molar refractivity (Wildman–Crippen MR) is 74.7 cm³/mol. The van der Waals surface area contributed by atoms with Crippen molar-refractivity contribution >= 4 is 17.6 Å². The third kappa shape index (κ3) is 1.76. The van der Waals surface area contributed by atoms with Gasteiger partial charge in [-0.25, -0.2) is 0 Å². The number of para-hydroxylation sites is 2. The van der Waals surface area contributed by atoms with E-state index in [0.29, 0.717) is 11.4 Å². The molecule has 0 unspecified atom stereocenters. The van der Waals surface area contributed by atoms with E-state index in [0.717, 1.165) is 12.8 Å². The second-order valence-electron chi connectivity index (χ2n) is 6.11. The van der Waals surface area contributed by atoms with Crippen LogP contribution in [0.25, 0.3) is 0 Å². The lowest BCUT2D eigenvalue weighted by molar-refractivity contribution is -0.145. The molecule has 1 aliphatic heterocycles. The molecule has 110 valence electrons. The van der Waals surface area contributed by atoms with Crippen molar-refractivity contribution in [3.8, 4) is 5.75 Å². The average Bonchev–Trinajstić information content (AvgIpc) is 3.09. The summed E-state index contributed by atoms with van der Waals surface area (Å²) in [5.41, 5.74) is 0.649. The van der Waals surface area contributed by atoms with Crippen molar-refractivity contribution < 1.29 is 19.1 Å². The van der Waals surface area contributed by atoms with Crippen molar-refractivity contribution in [2.45, 2.75) is 18.9 Å². The first-order valence-electron chi connectivity index (χ1n) is 7.33. The minimum absolute atomic E-state index is 0.0582. The molecule has 1 aromatic carbocycles. The lowest BCUT2D eigenvalue weighted by Crippen LogP contribution is -2.35. The predicted octanol–water partition coefficient (Wildman–Crippen LogP) is 1.83. The zero-order valence-electron chi connectivity index (χ0n) is 11.7. The smallest absolute Gasteiger partial charge is 0.310 e. The number of benzene rings is 1. The van der Waals surface area contributed by atoms with E-state index >= 15 is 0 Å². The van der Waals surface area contributed by atoms with Gasteiger partial charge in [0.2, 0.25) is 5.91 Å². The topological polar surface area (TPSA) is 64.6 Å². The fraction of sp³-hybridized carbons (Fsp3) is 0.500. The van der Waals surface area contributed by atoms with Crippen LogP contribution < -0.4 is 10.1 Å². The van der Waals surface area contributed by atoms with Crippen molar-refractivity contribution in [3.63, 3.8) is 0 Å². The number of anilines is 1. The van der Waals surface area contributed by atoms with E-state index in [1.807, 2.05) is 12.1 Å². The molecule has 2 bridgehead atoms. The summed E-state index contributed by atoms with van der Waals surface area (Å²) < 4.78 is 10.6. The van der Waals surface area contributed by atoms with Gasteiger partial charge in [0, 0.05) is 5.92 Å². The van der Waals surface area contributed by atoms with E-state index in [1.165, 1.54) is 0 Å². The number of hydrogen-bond donors (Lipinski definition) is 1. The quantitative estimate of drug-likeness (QED) is 0.861. The molecule has 0 spiro atoms. The Morgan fingerprint density at radius 1 is 1.33 bits per heavy atom. The third-order valence-corrected chi connectivity index (χ3v) is 5.15. The lowest BCUT2D eigenvalue weighted by Gasteiger charge is -2.23. The van der Waals surface area contributed by atoms with Crippen LogP contribution in [0.1, 0.15) is 12.8 Å². The SMILES string of the molecule is COc1ccccc1NC(=O)[C@@H]1[C@@H]2C[C@@H]3[C@@H]1C(=O)O[C@@H]3C2. The summed E-state index contributed by atoms with van der Waals surface area (Å²) in [5.74, 6) is 0.358. The van der Waals surface area contributed by atoms with Crippen LogP contribution in [0.2, 0.25) is 0 Å². The van der Waals surface area contributed by atoms with Crippen molar-refractivity contribution in [3.05, 3.63) is 24.3 Å². The highest BCUT2D eigenvalue weighted by molar-refractivity contribution is 5.97. The number of rotatable bonds is 3. The number of methoxy groups -OCH3 is 1. The van der Waals surface area contributed by atoms with Crippen molar-refractivity contribution in [2.75, 3.05) is 12.4 Å². The van der Waals surface area contributed by atoms with E-state index in [2.05, 4.69) is 5.32 Å². The van der Waals surface area contributed by atoms with E-state index < -0.39 is 0 Å². The fourth-order valence-electron chi connectivity index (χ4n) is 4.33. The standard InChI is InChI=1S/C16H17NO4/c1-20-11-5-3-2-4-10(11)17-15(18)13-8-6-9-12(7-8)21-16(19)14(9)13/h2-5,8-9,12-14H,6-7H2,1H3,(H,17,18)/t8-,9+,12-,13-,14+/m1/s1. The van der Waals surface area contributed by atoms with Crippen molar-refractivity contribution in [1.29, 1.82) is 0 Å². The Bertz CT molecular complexity index is 612. The second-order valence-corrected chi connectivity index (χ2v) is 6.11. The van der Waals surface area contributed by atoms with Gasteiger partial charge in [-0.1, -0.05) is 12.1 Å². The molecule has 1 aromatic rings. The highest BCUT2D eigenvalue weighted by atomic mass is 16.6. The number of hydrogen-bond acceptors (Lipinski definition) is 4. The van der Waals surface area contributed by atoms with Crippen molar-refractivity contribution in [1.82, 2.24) is 0 Å². The van der Waals surface area contributed by atoms with Gasteiger partial charge >= 0.3 is 5.97 Å². The molecule has 0 radical (unpaired) electrons. The molecule has 3 aliphatic rings. The van der Waals surface area contributed by atoms with E-state index in [-0.39, 0.29) is 41.7 Å². The summed E-state index contributed by atoms with van der Waals surface area (Å²) in [6, 6.07) is 7.31. The minimum atomic E-state index is -0.258. The average molecular weight is 287 g/mol. The lowest BCUT2D eigenvalue weighted by atomic mass is 9.79. The van der Waals surface area contributed by atoms with Crippen molar-refractivity contribution in [2.24, 2.45) is 23.7 Å². The summed E-state index contributed by atoms with van der Waals surface area (Å²) in [4.78, 5) is 24.6. The zero-order valence-corrected chi connectivity index (χ0v) is 11.7. The van der Waals surface area contributed by atoms with Crippen LogP contribution in [0.15, 0.2) is 24.3 Å². The van der Waals surface area contributed by atoms with Gasteiger partial charge < -0.3 is 14.8 Å². The third-order valence-electron chi connectivity index (χ3n) is 5.15. The summed E-state index contributed by atoms with van der Waals surface area (Å²) in [6.45, 7) is 0. The number of amides is 1. The Morgan fingerprint density at radius 2 is 2.14 bits per heavy atom. The summed E-state index contributed by atoms with van der Waals surface area (Å²) in [7, 11) is 1.57. The molecule has 1 amide bonds. The van der Waals surface area contributed by atoms with Gasteiger partial charge in [-0.3, -0.25) is 9.59 Å². The molecule has 0 aromatic heterocycles. The van der Waals surface area contributed by atoms with Crippen LogP contribution >= 0.6 is 0 Å². The first-order valence-corrected chi connectivity index (χ1v) is 7.33. The molecule has 1 heterocycles. The Labute approximate surface area is 122 Å². The normalized spacial score (nSPS) is 35.7. The molecule has 2 saturated carbocycles. The molecule has 3 fully saturated rings. The monoisotopic (exact) mass is 287 g/mol. The summed E-state index contributed by atoms with van der Waals surface area (Å²) in [5, 5.41) is 2.92. The number of carbonyl (C=O) groups is 2. The van der Waals surface area contributed by atoms with E-state index in [1.54, 1.807) is 19.2 Å². The number of esters is 1. The Hall–Kier alpha value is -2.04. The summed E-state index contributed by atoms with van der Waals surface area (Å²) >= 11 is 0. The Balaban J connectivity index is 1.57. The molecule has 4 rings (SSSR count). The van der Waals surface area contributed by atoms with Gasteiger partial charge in [-0.2, -0.15) is 0 Å². The number of carbonyl (C=O) groups excluding carboxylic acids is 2. The van der Waals surface area contributed by atoms with Crippen LogP contribution in [-0.2, 0) is 14.3 Å². The van der Waals surface area contributed by atoms with E-state index in [9.17, 15) is 9.59 Å². The molecule has 1 N–H and O–H groups in total. The second kappa shape index (κ2) is 4.48. The highest BCUT2D eigenvalue weighted by Gasteiger charge is 2.63. The van der Waals surface area contributed by atoms with Gasteiger partial charge in [0.05, 0.1) is 24.6 Å². The molecular weight excluding hydrogens is 270 g/mol. The van der Waals surface area contributed by atoms with Gasteiger partial charge in [0.25, 0.3) is 0 Å². The minimum Gasteiger partial charge on any atom is -0.495 e. The molecular formula is C16H17NO4. The van der Waals surface area contributed by atoms with Gasteiger partial charge in [-0.15, -0.1) is 0 Å². The summed E-state index contributed by atoms with van der Waals surface area (Å²) in [6.07, 6.45) is 1.82. The number of ether oxygens (including phenoxy) is 2. The van der Waals surface area contributed by atoms with Crippen LogP contribution in [0.5, 0.6) is 5.75 Å². The highest BCUT2D eigenvalue weighted by Crippen LogP contribution is 2.57. The molecule has 21 heavy (non-hydrogen) atoms. The fourth-order valence-corrected chi connectivity index (χ4v) is 4.33. The largest absolute Gasteiger partial charge is 0.495 e. The number of nitrogens with one attached hydrogen (secondary N) is 1. The first kappa shape index (κ1) is 12.7. The Morgan fingerprint density at radius 3 is 2.95 bits per heavy atom. The van der Waals surface area contributed by atoms with Gasteiger partial charge in [0.15, 0.2) is 0 Å². The molecule has 5 nitrogen and oxygen atoms in total. The van der Waals surface area contributed by atoms with Crippen LogP contribution in [-0.4, -0.2) is 25.1 Å². The Kier molecular flexibility index (Phi) is 2.71. The van der Waals surface area contributed by atoms with E-state index in [4.69, 9.17) is 9.47 Å². The van der Waals surface area contributed by atoms with Crippen LogP contribution in [0.4, 0.5) is 5.69 Å². The maximum absolute atomic E-state index is 12.6.